The molecule has 2 rings (SSSR count). The third-order valence-electron chi connectivity index (χ3n) is 2.93. The van der Waals surface area contributed by atoms with Crippen molar-refractivity contribution in [3.05, 3.63) is 0 Å². The van der Waals surface area contributed by atoms with Crippen molar-refractivity contribution in [2.75, 3.05) is 14.2 Å². The van der Waals surface area contributed by atoms with Gasteiger partial charge < -0.3 is 20.9 Å². The molecule has 2 aliphatic rings. The van der Waals surface area contributed by atoms with Gasteiger partial charge in [-0.15, -0.1) is 24.8 Å². The van der Waals surface area contributed by atoms with Crippen LogP contribution in [-0.2, 0) is 9.47 Å². The van der Waals surface area contributed by atoms with E-state index in [0.717, 1.165) is 25.7 Å². The molecule has 16 heavy (non-hydrogen) atoms. The molecule has 0 atom stereocenters. The van der Waals surface area contributed by atoms with Crippen LogP contribution in [0.2, 0.25) is 0 Å². The molecule has 0 amide bonds. The van der Waals surface area contributed by atoms with E-state index in [1.165, 1.54) is 0 Å². The van der Waals surface area contributed by atoms with E-state index < -0.39 is 0 Å². The lowest BCUT2D eigenvalue weighted by Gasteiger charge is -2.30. The topological polar surface area (TPSA) is 70.5 Å². The fourth-order valence-corrected chi connectivity index (χ4v) is 1.60. The maximum Gasteiger partial charge on any atom is 0.0600 e. The van der Waals surface area contributed by atoms with E-state index in [1.54, 1.807) is 14.2 Å². The first kappa shape index (κ1) is 18.8. The zero-order chi connectivity index (χ0) is 10.6. The van der Waals surface area contributed by atoms with Gasteiger partial charge in [0.1, 0.15) is 0 Å². The molecule has 0 aliphatic heterocycles. The second-order valence-corrected chi connectivity index (χ2v) is 4.18. The second-order valence-electron chi connectivity index (χ2n) is 4.18. The molecule has 0 heterocycles. The highest BCUT2D eigenvalue weighted by Crippen LogP contribution is 2.20. The van der Waals surface area contributed by atoms with Gasteiger partial charge in [0.05, 0.1) is 12.2 Å². The van der Waals surface area contributed by atoms with E-state index in [9.17, 15) is 0 Å². The predicted octanol–water partition coefficient (Wildman–Crippen LogP) is 1.09. The van der Waals surface area contributed by atoms with Gasteiger partial charge in [-0.05, 0) is 25.7 Å². The van der Waals surface area contributed by atoms with Crippen LogP contribution in [-0.4, -0.2) is 38.5 Å². The zero-order valence-electron chi connectivity index (χ0n) is 9.93. The summed E-state index contributed by atoms with van der Waals surface area (Å²) in [6.07, 6.45) is 5.14. The lowest BCUT2D eigenvalue weighted by Crippen LogP contribution is -2.40. The second kappa shape index (κ2) is 9.45. The first-order valence-corrected chi connectivity index (χ1v) is 5.22. The Morgan fingerprint density at radius 3 is 1.06 bits per heavy atom. The van der Waals surface area contributed by atoms with Crippen molar-refractivity contribution in [1.82, 2.24) is 0 Å². The van der Waals surface area contributed by atoms with Gasteiger partial charge in [0.15, 0.2) is 0 Å². The van der Waals surface area contributed by atoms with Crippen LogP contribution in [0.3, 0.4) is 0 Å². The summed E-state index contributed by atoms with van der Waals surface area (Å²) in [5.74, 6) is 0. The van der Waals surface area contributed by atoms with Crippen molar-refractivity contribution in [1.29, 1.82) is 0 Å². The van der Waals surface area contributed by atoms with Crippen LogP contribution in [0.1, 0.15) is 25.7 Å². The SMILES string of the molecule is COC1CC(N)C1.COC1CC(N)C1.Cl.Cl. The van der Waals surface area contributed by atoms with Crippen molar-refractivity contribution in [3.63, 3.8) is 0 Å². The van der Waals surface area contributed by atoms with Crippen molar-refractivity contribution in [2.45, 2.75) is 50.0 Å². The molecule has 0 aromatic heterocycles. The highest BCUT2D eigenvalue weighted by Gasteiger charge is 2.25. The highest BCUT2D eigenvalue weighted by atomic mass is 35.5. The van der Waals surface area contributed by atoms with E-state index in [2.05, 4.69) is 0 Å². The van der Waals surface area contributed by atoms with Gasteiger partial charge in [-0.3, -0.25) is 0 Å². The van der Waals surface area contributed by atoms with Gasteiger partial charge >= 0.3 is 0 Å². The molecule has 6 heteroatoms. The maximum absolute atomic E-state index is 5.46. The molecular weight excluding hydrogens is 251 g/mol. The van der Waals surface area contributed by atoms with Crippen LogP contribution in [0.15, 0.2) is 0 Å². The van der Waals surface area contributed by atoms with E-state index >= 15 is 0 Å². The fourth-order valence-electron chi connectivity index (χ4n) is 1.60. The Balaban J connectivity index is 0. The van der Waals surface area contributed by atoms with Gasteiger partial charge in [0, 0.05) is 26.3 Å². The molecule has 2 aliphatic carbocycles. The number of hydrogen-bond acceptors (Lipinski definition) is 4. The quantitative estimate of drug-likeness (QED) is 0.791. The fraction of sp³-hybridized carbons (Fsp3) is 1.00. The van der Waals surface area contributed by atoms with Gasteiger partial charge in [-0.1, -0.05) is 0 Å². The van der Waals surface area contributed by atoms with Crippen LogP contribution in [0, 0.1) is 0 Å². The smallest absolute Gasteiger partial charge is 0.0600 e. The Kier molecular flexibility index (Phi) is 11.1. The number of methoxy groups -OCH3 is 2. The summed E-state index contributed by atoms with van der Waals surface area (Å²) in [7, 11) is 3.47. The Labute approximate surface area is 110 Å². The third-order valence-corrected chi connectivity index (χ3v) is 2.93. The van der Waals surface area contributed by atoms with E-state index in [4.69, 9.17) is 20.9 Å². The minimum Gasteiger partial charge on any atom is -0.381 e. The van der Waals surface area contributed by atoms with Crippen LogP contribution < -0.4 is 11.5 Å². The van der Waals surface area contributed by atoms with E-state index in [0.29, 0.717) is 24.3 Å². The number of halogens is 2. The molecule has 0 spiro atoms. The maximum atomic E-state index is 5.46. The molecule has 0 saturated heterocycles. The minimum absolute atomic E-state index is 0. The lowest BCUT2D eigenvalue weighted by molar-refractivity contribution is 0.0277. The largest absolute Gasteiger partial charge is 0.381 e. The predicted molar refractivity (Wildman–Crippen MR) is 70.5 cm³/mol. The summed E-state index contributed by atoms with van der Waals surface area (Å²) >= 11 is 0. The summed E-state index contributed by atoms with van der Waals surface area (Å²) in [5.41, 5.74) is 10.9. The van der Waals surface area contributed by atoms with Crippen molar-refractivity contribution < 1.29 is 9.47 Å². The molecule has 4 N–H and O–H groups in total. The molecule has 0 aromatic carbocycles. The normalized spacial score (nSPS) is 35.2. The highest BCUT2D eigenvalue weighted by molar-refractivity contribution is 5.85. The van der Waals surface area contributed by atoms with E-state index in [-0.39, 0.29) is 24.8 Å². The molecule has 0 radical (unpaired) electrons. The molecular formula is C10H24Cl2N2O2. The molecule has 0 unspecified atom stereocenters. The summed E-state index contributed by atoms with van der Waals surface area (Å²) in [5, 5.41) is 0. The number of nitrogens with two attached hydrogens (primary N) is 2. The summed E-state index contributed by atoms with van der Waals surface area (Å²) in [6.45, 7) is 0. The van der Waals surface area contributed by atoms with Crippen LogP contribution in [0.4, 0.5) is 0 Å². The van der Waals surface area contributed by atoms with Crippen LogP contribution in [0.25, 0.3) is 0 Å². The van der Waals surface area contributed by atoms with Gasteiger partial charge in [-0.2, -0.15) is 0 Å². The molecule has 2 fully saturated rings. The molecule has 2 saturated carbocycles. The number of ether oxygens (including phenoxy) is 2. The Hall–Kier alpha value is 0.420. The molecule has 0 aromatic rings. The number of rotatable bonds is 2. The Morgan fingerprint density at radius 2 is 1.00 bits per heavy atom. The summed E-state index contributed by atoms with van der Waals surface area (Å²) < 4.78 is 9.95. The van der Waals surface area contributed by atoms with Crippen LogP contribution in [0.5, 0.6) is 0 Å². The van der Waals surface area contributed by atoms with Crippen molar-refractivity contribution in [3.8, 4) is 0 Å². The standard InChI is InChI=1S/2C5H11NO.2ClH/c2*1-7-5-2-4(6)3-5;;/h2*4-5H,2-3,6H2,1H3;2*1H. The average molecular weight is 275 g/mol. The van der Waals surface area contributed by atoms with Crippen molar-refractivity contribution in [2.24, 2.45) is 11.5 Å². The monoisotopic (exact) mass is 274 g/mol. The minimum atomic E-state index is 0. The molecule has 0 bridgehead atoms. The number of hydrogen-bond donors (Lipinski definition) is 2. The molecule has 100 valence electrons. The average Bonchev–Trinajstić information content (AvgIpc) is 2.08. The third kappa shape index (κ3) is 6.23. The summed E-state index contributed by atoms with van der Waals surface area (Å²) in [6, 6.07) is 0.842. The first-order chi connectivity index (χ1) is 6.65. The van der Waals surface area contributed by atoms with Gasteiger partial charge in [0.2, 0.25) is 0 Å². The first-order valence-electron chi connectivity index (χ1n) is 5.22. The van der Waals surface area contributed by atoms with Crippen molar-refractivity contribution >= 4 is 24.8 Å². The lowest BCUT2D eigenvalue weighted by atomic mass is 9.90. The van der Waals surface area contributed by atoms with Crippen LogP contribution >= 0.6 is 24.8 Å². The Morgan fingerprint density at radius 1 is 0.750 bits per heavy atom. The van der Waals surface area contributed by atoms with Gasteiger partial charge in [0.25, 0.3) is 0 Å². The Bertz CT molecular complexity index is 145. The van der Waals surface area contributed by atoms with E-state index in [1.807, 2.05) is 0 Å². The van der Waals surface area contributed by atoms with Gasteiger partial charge in [-0.25, -0.2) is 0 Å². The molecule has 4 nitrogen and oxygen atoms in total. The zero-order valence-corrected chi connectivity index (χ0v) is 11.6. The summed E-state index contributed by atoms with van der Waals surface area (Å²) in [4.78, 5) is 0.